The van der Waals surface area contributed by atoms with E-state index >= 15 is 0 Å². The van der Waals surface area contributed by atoms with Crippen LogP contribution < -0.4 is 4.74 Å². The summed E-state index contributed by atoms with van der Waals surface area (Å²) in [6.45, 7) is 5.34. The Morgan fingerprint density at radius 2 is 1.91 bits per heavy atom. The van der Waals surface area contributed by atoms with E-state index in [1.165, 1.54) is 13.8 Å². The van der Waals surface area contributed by atoms with Gasteiger partial charge in [0.25, 0.3) is 0 Å². The molecule has 0 radical (unpaired) electrons. The lowest BCUT2D eigenvalue weighted by Gasteiger charge is -2.21. The Labute approximate surface area is 134 Å². The van der Waals surface area contributed by atoms with Crippen molar-refractivity contribution in [3.8, 4) is 5.75 Å². The molecule has 0 saturated carbocycles. The summed E-state index contributed by atoms with van der Waals surface area (Å²) >= 11 is 0. The molecule has 1 aromatic carbocycles. The van der Waals surface area contributed by atoms with Crippen molar-refractivity contribution < 1.29 is 19.4 Å². The van der Waals surface area contributed by atoms with Crippen LogP contribution in [0.2, 0.25) is 0 Å². The molecule has 0 atom stereocenters. The van der Waals surface area contributed by atoms with E-state index in [4.69, 9.17) is 9.84 Å². The maximum absolute atomic E-state index is 11.6. The van der Waals surface area contributed by atoms with Gasteiger partial charge in [-0.25, -0.2) is 4.79 Å². The number of hydrogen-bond acceptors (Lipinski definition) is 4. The highest BCUT2D eigenvalue weighted by Crippen LogP contribution is 2.19. The van der Waals surface area contributed by atoms with Gasteiger partial charge in [-0.05, 0) is 31.5 Å². The number of aromatic nitrogens is 2. The third-order valence-corrected chi connectivity index (χ3v) is 3.43. The molecular formula is C17H20N2O4. The lowest BCUT2D eigenvalue weighted by atomic mass is 10.1. The number of aliphatic carboxylic acids is 1. The quantitative estimate of drug-likeness (QED) is 0.794. The Hall–Kier alpha value is -2.63. The van der Waals surface area contributed by atoms with Crippen molar-refractivity contribution in [1.29, 1.82) is 0 Å². The van der Waals surface area contributed by atoms with Gasteiger partial charge in [0.1, 0.15) is 5.75 Å². The molecule has 2 rings (SSSR count). The molecule has 122 valence electrons. The maximum Gasteiger partial charge on any atom is 0.347 e. The highest BCUT2D eigenvalue weighted by molar-refractivity contribution is 5.95. The summed E-state index contributed by atoms with van der Waals surface area (Å²) in [7, 11) is 0. The molecule has 2 aromatic rings. The number of nitrogens with zero attached hydrogens (tertiary/aromatic N) is 2. The van der Waals surface area contributed by atoms with Crippen LogP contribution in [0.3, 0.4) is 0 Å². The van der Waals surface area contributed by atoms with E-state index in [1.54, 1.807) is 29.2 Å². The minimum absolute atomic E-state index is 0.0656. The van der Waals surface area contributed by atoms with Gasteiger partial charge in [0.2, 0.25) is 0 Å². The number of carboxylic acid groups (broad SMARTS) is 1. The standard InChI is InChI=1S/C17H20N2O4/c1-4-15(20)13-9-18-19(11-13)10-12-5-7-14(8-6-12)23-17(2,3)16(21)22/h5-9,11H,4,10H2,1-3H3,(H,21,22). The summed E-state index contributed by atoms with van der Waals surface area (Å²) in [5, 5.41) is 13.2. The molecule has 6 heteroatoms. The van der Waals surface area contributed by atoms with Gasteiger partial charge >= 0.3 is 5.97 Å². The number of carbonyl (C=O) groups excluding carboxylic acids is 1. The average Bonchev–Trinajstić information content (AvgIpc) is 2.96. The predicted octanol–water partition coefficient (Wildman–Crippen LogP) is 2.77. The van der Waals surface area contributed by atoms with Crippen LogP contribution in [0.5, 0.6) is 5.75 Å². The SMILES string of the molecule is CCC(=O)c1cnn(Cc2ccc(OC(C)(C)C(=O)O)cc2)c1. The topological polar surface area (TPSA) is 81.4 Å². The van der Waals surface area contributed by atoms with Crippen molar-refractivity contribution in [2.24, 2.45) is 0 Å². The van der Waals surface area contributed by atoms with E-state index in [0.717, 1.165) is 5.56 Å². The molecule has 6 nitrogen and oxygen atoms in total. The zero-order valence-electron chi connectivity index (χ0n) is 13.4. The monoisotopic (exact) mass is 316 g/mol. The third kappa shape index (κ3) is 4.18. The number of rotatable bonds is 7. The molecule has 0 aliphatic carbocycles. The Morgan fingerprint density at radius 3 is 2.48 bits per heavy atom. The largest absolute Gasteiger partial charge is 0.478 e. The van der Waals surface area contributed by atoms with Crippen LogP contribution in [-0.4, -0.2) is 32.2 Å². The summed E-state index contributed by atoms with van der Waals surface area (Å²) in [6, 6.07) is 7.13. The Kier molecular flexibility index (Phi) is 4.83. The van der Waals surface area contributed by atoms with E-state index < -0.39 is 11.6 Å². The smallest absolute Gasteiger partial charge is 0.347 e. The number of carboxylic acids is 1. The van der Waals surface area contributed by atoms with Crippen LogP contribution in [0.4, 0.5) is 0 Å². The molecule has 1 aromatic heterocycles. The number of ketones is 1. The fourth-order valence-electron chi connectivity index (χ4n) is 1.99. The number of ether oxygens (including phenoxy) is 1. The fraction of sp³-hybridized carbons (Fsp3) is 0.353. The molecule has 0 aliphatic heterocycles. The van der Waals surface area contributed by atoms with Gasteiger partial charge in [-0.1, -0.05) is 19.1 Å². The molecular weight excluding hydrogens is 296 g/mol. The summed E-state index contributed by atoms with van der Waals surface area (Å²) < 4.78 is 7.15. The van der Waals surface area contributed by atoms with Crippen LogP contribution in [0.15, 0.2) is 36.7 Å². The van der Waals surface area contributed by atoms with Crippen LogP contribution >= 0.6 is 0 Å². The molecule has 23 heavy (non-hydrogen) atoms. The molecule has 0 bridgehead atoms. The van der Waals surface area contributed by atoms with E-state index in [0.29, 0.717) is 24.3 Å². The zero-order valence-corrected chi connectivity index (χ0v) is 13.4. The van der Waals surface area contributed by atoms with Gasteiger partial charge < -0.3 is 9.84 Å². The molecule has 0 aliphatic rings. The van der Waals surface area contributed by atoms with Gasteiger partial charge in [-0.15, -0.1) is 0 Å². The first kappa shape index (κ1) is 16.7. The van der Waals surface area contributed by atoms with Crippen LogP contribution in [0.25, 0.3) is 0 Å². The van der Waals surface area contributed by atoms with E-state index in [1.807, 2.05) is 19.1 Å². The van der Waals surface area contributed by atoms with E-state index in [9.17, 15) is 9.59 Å². The first-order valence-electron chi connectivity index (χ1n) is 7.39. The second-order valence-corrected chi connectivity index (χ2v) is 5.76. The van der Waals surface area contributed by atoms with Crippen molar-refractivity contribution in [2.75, 3.05) is 0 Å². The summed E-state index contributed by atoms with van der Waals surface area (Å²) in [5.74, 6) is -0.467. The highest BCUT2D eigenvalue weighted by atomic mass is 16.5. The maximum atomic E-state index is 11.6. The van der Waals surface area contributed by atoms with Crippen molar-refractivity contribution in [3.05, 3.63) is 47.8 Å². The minimum atomic E-state index is -1.28. The second-order valence-electron chi connectivity index (χ2n) is 5.76. The highest BCUT2D eigenvalue weighted by Gasteiger charge is 2.29. The molecule has 0 saturated heterocycles. The lowest BCUT2D eigenvalue weighted by Crippen LogP contribution is -2.37. The molecule has 0 fully saturated rings. The second kappa shape index (κ2) is 6.64. The molecule has 0 unspecified atom stereocenters. The fourth-order valence-corrected chi connectivity index (χ4v) is 1.99. The van der Waals surface area contributed by atoms with Gasteiger partial charge in [0.05, 0.1) is 18.3 Å². The Bertz CT molecular complexity index is 702. The lowest BCUT2D eigenvalue weighted by molar-refractivity contribution is -0.152. The van der Waals surface area contributed by atoms with Crippen molar-refractivity contribution in [3.63, 3.8) is 0 Å². The first-order chi connectivity index (χ1) is 10.8. The Morgan fingerprint density at radius 1 is 1.26 bits per heavy atom. The van der Waals surface area contributed by atoms with Crippen molar-refractivity contribution in [1.82, 2.24) is 9.78 Å². The summed E-state index contributed by atoms with van der Waals surface area (Å²) in [6.07, 6.45) is 3.75. The average molecular weight is 316 g/mol. The summed E-state index contributed by atoms with van der Waals surface area (Å²) in [4.78, 5) is 22.6. The molecule has 1 heterocycles. The van der Waals surface area contributed by atoms with Crippen molar-refractivity contribution in [2.45, 2.75) is 39.3 Å². The van der Waals surface area contributed by atoms with Crippen LogP contribution in [0.1, 0.15) is 43.1 Å². The number of benzene rings is 1. The summed E-state index contributed by atoms with van der Waals surface area (Å²) in [5.41, 5.74) is 0.304. The number of hydrogen-bond donors (Lipinski definition) is 1. The minimum Gasteiger partial charge on any atom is -0.478 e. The van der Waals surface area contributed by atoms with Crippen LogP contribution in [-0.2, 0) is 11.3 Å². The van der Waals surface area contributed by atoms with E-state index in [2.05, 4.69) is 5.10 Å². The van der Waals surface area contributed by atoms with Crippen molar-refractivity contribution >= 4 is 11.8 Å². The number of Topliss-reactive ketones (excluding diaryl/α,β-unsaturated/α-hetero) is 1. The Balaban J connectivity index is 2.04. The predicted molar refractivity (Wildman–Crippen MR) is 84.7 cm³/mol. The van der Waals surface area contributed by atoms with Gasteiger partial charge in [-0.3, -0.25) is 9.48 Å². The first-order valence-corrected chi connectivity index (χ1v) is 7.39. The zero-order chi connectivity index (χ0) is 17.0. The third-order valence-electron chi connectivity index (χ3n) is 3.43. The molecule has 0 amide bonds. The van der Waals surface area contributed by atoms with Gasteiger partial charge in [0, 0.05) is 12.6 Å². The normalized spacial score (nSPS) is 11.3. The van der Waals surface area contributed by atoms with E-state index in [-0.39, 0.29) is 5.78 Å². The van der Waals surface area contributed by atoms with Gasteiger partial charge in [-0.2, -0.15) is 5.10 Å². The van der Waals surface area contributed by atoms with Gasteiger partial charge in [0.15, 0.2) is 11.4 Å². The molecule has 0 spiro atoms. The number of carbonyl (C=O) groups is 2. The van der Waals surface area contributed by atoms with Crippen LogP contribution in [0, 0.1) is 0 Å². The molecule has 1 N–H and O–H groups in total.